The van der Waals surface area contributed by atoms with Crippen molar-refractivity contribution in [2.45, 2.75) is 45.1 Å². The summed E-state index contributed by atoms with van der Waals surface area (Å²) in [5.74, 6) is -1.21. The molecule has 1 aromatic rings. The molecule has 2 saturated heterocycles. The lowest BCUT2D eigenvalue weighted by atomic mass is 9.95. The Hall–Kier alpha value is -3.01. The zero-order valence-electron chi connectivity index (χ0n) is 20.2. The van der Waals surface area contributed by atoms with Gasteiger partial charge in [-0.1, -0.05) is 12.8 Å². The topological polar surface area (TPSA) is 126 Å². The molecule has 0 bridgehead atoms. The number of aliphatic carboxylic acids is 2. The second-order valence-corrected chi connectivity index (χ2v) is 8.46. The predicted molar refractivity (Wildman–Crippen MR) is 124 cm³/mol. The summed E-state index contributed by atoms with van der Waals surface area (Å²) in [6, 6.07) is 4.00. The van der Waals surface area contributed by atoms with Crippen LogP contribution >= 0.6 is 0 Å². The predicted octanol–water partition coefficient (Wildman–Crippen LogP) is 2.48. The maximum absolute atomic E-state index is 13.0. The Morgan fingerprint density at radius 3 is 1.88 bits per heavy atom. The summed E-state index contributed by atoms with van der Waals surface area (Å²) in [5, 5.41) is 14.8. The zero-order chi connectivity index (χ0) is 25.1. The molecule has 34 heavy (non-hydrogen) atoms. The van der Waals surface area contributed by atoms with Crippen molar-refractivity contribution in [3.8, 4) is 17.2 Å². The summed E-state index contributed by atoms with van der Waals surface area (Å²) in [6.45, 7) is 4.48. The van der Waals surface area contributed by atoms with Crippen molar-refractivity contribution in [2.24, 2.45) is 5.92 Å². The lowest BCUT2D eigenvalue weighted by Gasteiger charge is -2.35. The summed E-state index contributed by atoms with van der Waals surface area (Å²) in [5.41, 5.74) is 1.11. The van der Waals surface area contributed by atoms with Crippen molar-refractivity contribution in [1.82, 2.24) is 9.80 Å². The van der Waals surface area contributed by atoms with Crippen LogP contribution in [0, 0.1) is 5.92 Å². The number of hydrogen-bond donors (Lipinski definition) is 2. The van der Waals surface area contributed by atoms with Gasteiger partial charge < -0.3 is 29.3 Å². The quantitative estimate of drug-likeness (QED) is 0.591. The number of ether oxygens (including phenoxy) is 3. The molecule has 2 heterocycles. The van der Waals surface area contributed by atoms with Crippen LogP contribution in [0.4, 0.5) is 0 Å². The Kier molecular flexibility index (Phi) is 10.9. The van der Waals surface area contributed by atoms with Gasteiger partial charge in [0.05, 0.1) is 27.2 Å². The van der Waals surface area contributed by atoms with Crippen LogP contribution in [-0.2, 0) is 20.9 Å². The first kappa shape index (κ1) is 27.2. The van der Waals surface area contributed by atoms with E-state index in [1.807, 2.05) is 12.1 Å². The Morgan fingerprint density at radius 1 is 0.853 bits per heavy atom. The normalized spacial score (nSPS) is 18.7. The number of likely N-dealkylation sites (tertiary alicyclic amines) is 2. The number of carboxylic acid groups (broad SMARTS) is 2. The largest absolute Gasteiger partial charge is 0.493 e. The van der Waals surface area contributed by atoms with E-state index in [0.717, 1.165) is 64.0 Å². The number of hydrogen-bond acceptors (Lipinski definition) is 7. The van der Waals surface area contributed by atoms with Gasteiger partial charge in [0.1, 0.15) is 0 Å². The molecule has 10 heteroatoms. The van der Waals surface area contributed by atoms with Crippen molar-refractivity contribution >= 4 is 17.8 Å². The second kappa shape index (κ2) is 13.6. The molecule has 2 aliphatic heterocycles. The first-order valence-electron chi connectivity index (χ1n) is 11.6. The van der Waals surface area contributed by atoms with E-state index in [9.17, 15) is 4.79 Å². The van der Waals surface area contributed by atoms with Crippen LogP contribution < -0.4 is 14.2 Å². The molecule has 0 radical (unpaired) electrons. The van der Waals surface area contributed by atoms with Crippen LogP contribution in [0.3, 0.4) is 0 Å². The Labute approximate surface area is 200 Å². The fraction of sp³-hybridized carbons (Fsp3) is 0.625. The minimum Gasteiger partial charge on any atom is -0.493 e. The Balaban J connectivity index is 0.000000604. The van der Waals surface area contributed by atoms with Gasteiger partial charge in [-0.05, 0) is 49.9 Å². The molecule has 1 unspecified atom stereocenters. The SMILES string of the molecule is COc1cc(CN2CCCC(C(=O)N3CCCCCC3)C2)cc(OC)c1OC.O=C(O)C(=O)O. The van der Waals surface area contributed by atoms with Crippen molar-refractivity contribution < 1.29 is 38.8 Å². The van der Waals surface area contributed by atoms with Gasteiger partial charge in [-0.3, -0.25) is 9.69 Å². The molecule has 2 aliphatic rings. The van der Waals surface area contributed by atoms with E-state index in [2.05, 4.69) is 9.80 Å². The monoisotopic (exact) mass is 480 g/mol. The number of carboxylic acids is 2. The summed E-state index contributed by atoms with van der Waals surface area (Å²) in [6.07, 6.45) is 6.86. The maximum atomic E-state index is 13.0. The van der Waals surface area contributed by atoms with Gasteiger partial charge in [0.2, 0.25) is 11.7 Å². The fourth-order valence-corrected chi connectivity index (χ4v) is 4.43. The van der Waals surface area contributed by atoms with E-state index >= 15 is 0 Å². The standard InChI is InChI=1S/C22H34N2O4.C2H2O4/c1-26-19-13-17(14-20(27-2)21(19)28-3)15-23-10-8-9-18(16-23)22(25)24-11-6-4-5-7-12-24;3-1(4)2(5)6/h13-14,18H,4-12,15-16H2,1-3H3;(H,3,4)(H,5,6). The number of carbonyl (C=O) groups excluding carboxylic acids is 1. The highest BCUT2D eigenvalue weighted by atomic mass is 16.5. The molecular weight excluding hydrogens is 444 g/mol. The highest BCUT2D eigenvalue weighted by Crippen LogP contribution is 2.38. The highest BCUT2D eigenvalue weighted by Gasteiger charge is 2.29. The van der Waals surface area contributed by atoms with E-state index in [0.29, 0.717) is 23.2 Å². The molecule has 1 aromatic carbocycles. The van der Waals surface area contributed by atoms with Crippen LogP contribution in [0.25, 0.3) is 0 Å². The van der Waals surface area contributed by atoms with Crippen LogP contribution in [0.5, 0.6) is 17.2 Å². The van der Waals surface area contributed by atoms with Gasteiger partial charge in [0.15, 0.2) is 11.5 Å². The molecule has 2 N–H and O–H groups in total. The molecule has 1 atom stereocenters. The molecule has 190 valence electrons. The summed E-state index contributed by atoms with van der Waals surface area (Å²) >= 11 is 0. The van der Waals surface area contributed by atoms with Gasteiger partial charge in [0.25, 0.3) is 0 Å². The third-order valence-corrected chi connectivity index (χ3v) is 6.09. The first-order valence-corrected chi connectivity index (χ1v) is 11.6. The summed E-state index contributed by atoms with van der Waals surface area (Å²) in [7, 11) is 4.89. The molecule has 0 spiro atoms. The number of piperidine rings is 1. The number of amides is 1. The van der Waals surface area contributed by atoms with E-state index in [1.165, 1.54) is 12.8 Å². The van der Waals surface area contributed by atoms with E-state index in [1.54, 1.807) is 21.3 Å². The number of nitrogens with zero attached hydrogens (tertiary/aromatic N) is 2. The van der Waals surface area contributed by atoms with Crippen LogP contribution in [0.2, 0.25) is 0 Å². The minimum atomic E-state index is -1.82. The molecule has 0 aliphatic carbocycles. The van der Waals surface area contributed by atoms with E-state index in [4.69, 9.17) is 34.0 Å². The highest BCUT2D eigenvalue weighted by molar-refractivity contribution is 6.27. The molecule has 0 aromatic heterocycles. The lowest BCUT2D eigenvalue weighted by molar-refractivity contribution is -0.159. The smallest absolute Gasteiger partial charge is 0.414 e. The van der Waals surface area contributed by atoms with Crippen LogP contribution in [0.15, 0.2) is 12.1 Å². The average Bonchev–Trinajstić information content (AvgIpc) is 3.13. The van der Waals surface area contributed by atoms with Gasteiger partial charge >= 0.3 is 11.9 Å². The molecule has 1 amide bonds. The number of rotatable bonds is 6. The van der Waals surface area contributed by atoms with Gasteiger partial charge in [-0.25, -0.2) is 9.59 Å². The first-order chi connectivity index (χ1) is 16.3. The average molecular weight is 481 g/mol. The lowest BCUT2D eigenvalue weighted by Crippen LogP contribution is -2.44. The Bertz CT molecular complexity index is 799. The van der Waals surface area contributed by atoms with Crippen LogP contribution in [0.1, 0.15) is 44.1 Å². The van der Waals surface area contributed by atoms with E-state index in [-0.39, 0.29) is 5.92 Å². The summed E-state index contributed by atoms with van der Waals surface area (Å²) < 4.78 is 16.4. The number of carbonyl (C=O) groups is 3. The van der Waals surface area contributed by atoms with Crippen molar-refractivity contribution in [2.75, 3.05) is 47.5 Å². The fourth-order valence-electron chi connectivity index (χ4n) is 4.43. The number of benzene rings is 1. The molecule has 3 rings (SSSR count). The van der Waals surface area contributed by atoms with Crippen LogP contribution in [-0.4, -0.2) is 85.4 Å². The van der Waals surface area contributed by atoms with Crippen molar-refractivity contribution in [3.05, 3.63) is 17.7 Å². The minimum absolute atomic E-state index is 0.119. The van der Waals surface area contributed by atoms with Gasteiger partial charge in [0, 0.05) is 26.2 Å². The third kappa shape index (κ3) is 7.79. The maximum Gasteiger partial charge on any atom is 0.414 e. The zero-order valence-corrected chi connectivity index (χ0v) is 20.2. The van der Waals surface area contributed by atoms with Crippen molar-refractivity contribution in [1.29, 1.82) is 0 Å². The Morgan fingerprint density at radius 2 is 1.41 bits per heavy atom. The molecular formula is C24H36N2O8. The summed E-state index contributed by atoms with van der Waals surface area (Å²) in [4.78, 5) is 35.7. The van der Waals surface area contributed by atoms with Crippen molar-refractivity contribution in [3.63, 3.8) is 0 Å². The molecule has 2 fully saturated rings. The van der Waals surface area contributed by atoms with E-state index < -0.39 is 11.9 Å². The number of methoxy groups -OCH3 is 3. The molecule has 10 nitrogen and oxygen atoms in total. The van der Waals surface area contributed by atoms with Gasteiger partial charge in [-0.2, -0.15) is 0 Å². The van der Waals surface area contributed by atoms with Gasteiger partial charge in [-0.15, -0.1) is 0 Å². The molecule has 0 saturated carbocycles. The third-order valence-electron chi connectivity index (χ3n) is 6.09. The second-order valence-electron chi connectivity index (χ2n) is 8.46.